The van der Waals surface area contributed by atoms with Gasteiger partial charge in [0.2, 0.25) is 11.6 Å². The van der Waals surface area contributed by atoms with Crippen molar-refractivity contribution in [3.63, 3.8) is 0 Å². The number of carbonyl (C=O) groups is 1. The normalized spacial score (nSPS) is 22.5. The molecule has 1 fully saturated rings. The second-order valence-electron chi connectivity index (χ2n) is 8.80. The van der Waals surface area contributed by atoms with Crippen LogP contribution in [0, 0.1) is 22.7 Å². The predicted octanol–water partition coefficient (Wildman–Crippen LogP) is 4.42. The molecule has 3 atom stereocenters. The lowest BCUT2D eigenvalue weighted by atomic mass is 9.97. The summed E-state index contributed by atoms with van der Waals surface area (Å²) in [6.07, 6.45) is 3.32. The summed E-state index contributed by atoms with van der Waals surface area (Å²) in [5.41, 5.74) is -2.69. The molecule has 11 heteroatoms. The van der Waals surface area contributed by atoms with Crippen LogP contribution in [-0.2, 0) is 22.0 Å². The summed E-state index contributed by atoms with van der Waals surface area (Å²) in [5, 5.41) is 9.32. The van der Waals surface area contributed by atoms with Crippen molar-refractivity contribution in [3.05, 3.63) is 75.0 Å². The number of hydrogen-bond acceptors (Lipinski definition) is 7. The summed E-state index contributed by atoms with van der Waals surface area (Å²) in [6, 6.07) is 5.54. The Kier molecular flexibility index (Phi) is 6.31. The molecular formula is C25H21ClF2N4O4. The molecule has 2 aromatic rings. The third kappa shape index (κ3) is 4.09. The quantitative estimate of drug-likeness (QED) is 0.400. The molecule has 3 unspecified atom stereocenters. The van der Waals surface area contributed by atoms with Gasteiger partial charge in [-0.05, 0) is 36.6 Å². The van der Waals surface area contributed by atoms with Gasteiger partial charge in [0, 0.05) is 17.0 Å². The number of rotatable bonds is 7. The van der Waals surface area contributed by atoms with Crippen LogP contribution in [0.2, 0.25) is 5.02 Å². The molecule has 1 aliphatic heterocycles. The van der Waals surface area contributed by atoms with Crippen LogP contribution in [0.15, 0.2) is 58.1 Å². The van der Waals surface area contributed by atoms with E-state index in [0.29, 0.717) is 6.29 Å². The van der Waals surface area contributed by atoms with E-state index in [1.54, 1.807) is 6.08 Å². The molecule has 0 spiro atoms. The zero-order valence-electron chi connectivity index (χ0n) is 19.6. The molecule has 0 saturated heterocycles. The van der Waals surface area contributed by atoms with E-state index in [-0.39, 0.29) is 46.3 Å². The number of dihydropyridines is 1. The lowest BCUT2D eigenvalue weighted by molar-refractivity contribution is -0.104. The van der Waals surface area contributed by atoms with Crippen LogP contribution in [0.1, 0.15) is 25.1 Å². The van der Waals surface area contributed by atoms with E-state index in [2.05, 4.69) is 16.6 Å². The topological polar surface area (TPSA) is 107 Å². The Hall–Kier alpha value is -3.84. The fraction of sp³-hybridized carbons (Fsp3) is 0.320. The minimum atomic E-state index is -3.68. The average Bonchev–Trinajstić information content (AvgIpc) is 3.41. The molecule has 1 aromatic heterocycles. The van der Waals surface area contributed by atoms with Crippen molar-refractivity contribution in [2.24, 2.45) is 16.3 Å². The number of ether oxygens (including phenoxy) is 2. The van der Waals surface area contributed by atoms with Gasteiger partial charge in [-0.15, -0.1) is 0 Å². The van der Waals surface area contributed by atoms with E-state index in [1.165, 1.54) is 25.3 Å². The van der Waals surface area contributed by atoms with Gasteiger partial charge in [-0.3, -0.25) is 14.2 Å². The van der Waals surface area contributed by atoms with Crippen molar-refractivity contribution in [1.29, 1.82) is 5.26 Å². The zero-order chi connectivity index (χ0) is 26.4. The Labute approximate surface area is 210 Å². The highest BCUT2D eigenvalue weighted by Gasteiger charge is 2.63. The molecule has 1 saturated carbocycles. The number of carbonyl (C=O) groups excluding carboxylic acids is 1. The molecule has 4 rings (SSSR count). The fourth-order valence-corrected chi connectivity index (χ4v) is 4.59. The molecule has 0 bridgehead atoms. The standard InChI is InChI=1S/C25H21ClF2N4O4/c1-13(2)25(27,28)21-19(36-18-6-15(9-29)5-17(26)7-18)23(34)32(12-30-21)11-24-8-16(10-33)22(35-4)31-20(24)14(24)3/h5-8,10,12,14,20H,1,11H2,2-4H3. The van der Waals surface area contributed by atoms with Crippen LogP contribution in [-0.4, -0.2) is 34.9 Å². The number of nitriles is 1. The van der Waals surface area contributed by atoms with Gasteiger partial charge in [-0.25, -0.2) is 9.98 Å². The first-order valence-corrected chi connectivity index (χ1v) is 11.2. The first-order valence-electron chi connectivity index (χ1n) is 10.8. The molecule has 8 nitrogen and oxygen atoms in total. The second-order valence-corrected chi connectivity index (χ2v) is 9.24. The van der Waals surface area contributed by atoms with Gasteiger partial charge < -0.3 is 9.47 Å². The number of alkyl halides is 2. The number of aldehydes is 1. The average molecular weight is 515 g/mol. The minimum Gasteiger partial charge on any atom is -0.481 e. The smallest absolute Gasteiger partial charge is 0.314 e. The van der Waals surface area contributed by atoms with E-state index >= 15 is 8.78 Å². The number of nitrogens with zero attached hydrogens (tertiary/aromatic N) is 4. The Morgan fingerprint density at radius 2 is 2.14 bits per heavy atom. The fourth-order valence-electron chi connectivity index (χ4n) is 4.37. The predicted molar refractivity (Wildman–Crippen MR) is 127 cm³/mol. The van der Waals surface area contributed by atoms with Crippen molar-refractivity contribution in [2.45, 2.75) is 32.4 Å². The molecule has 0 radical (unpaired) electrons. The number of halogens is 3. The number of methoxy groups -OCH3 is 1. The van der Waals surface area contributed by atoms with Gasteiger partial charge >= 0.3 is 5.92 Å². The lowest BCUT2D eigenvalue weighted by Crippen LogP contribution is -2.32. The maximum absolute atomic E-state index is 15.0. The summed E-state index contributed by atoms with van der Waals surface area (Å²) in [4.78, 5) is 33.4. The monoisotopic (exact) mass is 514 g/mol. The van der Waals surface area contributed by atoms with Crippen molar-refractivity contribution >= 4 is 23.8 Å². The van der Waals surface area contributed by atoms with Crippen LogP contribution in [0.3, 0.4) is 0 Å². The number of benzene rings is 1. The molecule has 36 heavy (non-hydrogen) atoms. The van der Waals surface area contributed by atoms with Crippen LogP contribution in [0.5, 0.6) is 11.5 Å². The largest absolute Gasteiger partial charge is 0.481 e. The van der Waals surface area contributed by atoms with Crippen LogP contribution in [0.4, 0.5) is 8.78 Å². The first-order chi connectivity index (χ1) is 17.0. The van der Waals surface area contributed by atoms with Gasteiger partial charge in [0.1, 0.15) is 5.75 Å². The van der Waals surface area contributed by atoms with Gasteiger partial charge in [-0.1, -0.05) is 31.2 Å². The highest BCUT2D eigenvalue weighted by Crippen LogP contribution is 2.59. The Morgan fingerprint density at radius 3 is 2.75 bits per heavy atom. The van der Waals surface area contributed by atoms with Gasteiger partial charge in [0.15, 0.2) is 12.0 Å². The second kappa shape index (κ2) is 8.99. The molecular weight excluding hydrogens is 494 g/mol. The molecule has 186 valence electrons. The Balaban J connectivity index is 1.82. The molecule has 1 aromatic carbocycles. The first kappa shape index (κ1) is 25.3. The van der Waals surface area contributed by atoms with E-state index < -0.39 is 33.9 Å². The van der Waals surface area contributed by atoms with E-state index in [9.17, 15) is 14.9 Å². The molecule has 0 amide bonds. The third-order valence-corrected chi connectivity index (χ3v) is 6.72. The van der Waals surface area contributed by atoms with E-state index in [1.807, 2.05) is 13.0 Å². The Bertz CT molecular complexity index is 1440. The van der Waals surface area contributed by atoms with Crippen molar-refractivity contribution in [3.8, 4) is 17.6 Å². The van der Waals surface area contributed by atoms with Crippen molar-refractivity contribution in [1.82, 2.24) is 9.55 Å². The van der Waals surface area contributed by atoms with Crippen molar-refractivity contribution < 1.29 is 23.0 Å². The highest BCUT2D eigenvalue weighted by atomic mass is 35.5. The SMILES string of the molecule is C=C(C)C(F)(F)c1ncn(CC23C=C(C=O)C(OC)=NC2C3C)c(=O)c1Oc1cc(Cl)cc(C#N)c1. The van der Waals surface area contributed by atoms with E-state index in [4.69, 9.17) is 21.1 Å². The maximum atomic E-state index is 15.0. The molecule has 1 aliphatic carbocycles. The van der Waals surface area contributed by atoms with Crippen molar-refractivity contribution in [2.75, 3.05) is 7.11 Å². The Morgan fingerprint density at radius 1 is 1.42 bits per heavy atom. The summed E-state index contributed by atoms with van der Waals surface area (Å²) in [6.45, 7) is 6.34. The summed E-state index contributed by atoms with van der Waals surface area (Å²) >= 11 is 6.02. The zero-order valence-corrected chi connectivity index (χ0v) is 20.3. The number of hydrogen-bond donors (Lipinski definition) is 0. The summed E-state index contributed by atoms with van der Waals surface area (Å²) in [7, 11) is 1.41. The third-order valence-electron chi connectivity index (χ3n) is 6.51. The number of aliphatic imine (C=N–C) groups is 1. The van der Waals surface area contributed by atoms with Crippen LogP contribution < -0.4 is 10.3 Å². The number of allylic oxidation sites excluding steroid dienone is 1. The van der Waals surface area contributed by atoms with Gasteiger partial charge in [0.05, 0.1) is 36.7 Å². The highest BCUT2D eigenvalue weighted by molar-refractivity contribution is 6.30. The summed E-state index contributed by atoms with van der Waals surface area (Å²) in [5.74, 6) is -4.34. The van der Waals surface area contributed by atoms with Crippen LogP contribution >= 0.6 is 11.6 Å². The van der Waals surface area contributed by atoms with Gasteiger partial charge in [-0.2, -0.15) is 14.0 Å². The van der Waals surface area contributed by atoms with E-state index in [0.717, 1.165) is 17.8 Å². The van der Waals surface area contributed by atoms with Crippen LogP contribution in [0.25, 0.3) is 0 Å². The maximum Gasteiger partial charge on any atom is 0.314 e. The molecule has 2 heterocycles. The minimum absolute atomic E-state index is 0.0107. The van der Waals surface area contributed by atoms with Gasteiger partial charge in [0.25, 0.3) is 5.56 Å². The lowest BCUT2D eigenvalue weighted by Gasteiger charge is -2.22. The number of fused-ring (bicyclic) bond motifs is 1. The molecule has 2 aliphatic rings. The summed E-state index contributed by atoms with van der Waals surface area (Å²) < 4.78 is 42.0. The molecule has 0 N–H and O–H groups in total. The number of aromatic nitrogens is 2.